The number of amides is 1. The summed E-state index contributed by atoms with van der Waals surface area (Å²) in [6, 6.07) is 6.01. The fourth-order valence-electron chi connectivity index (χ4n) is 2.17. The number of para-hydroxylation sites is 1. The third-order valence-corrected chi connectivity index (χ3v) is 3.03. The molecule has 1 amide bonds. The zero-order valence-corrected chi connectivity index (χ0v) is 10.9. The molecule has 3 nitrogen and oxygen atoms in total. The lowest BCUT2D eigenvalue weighted by atomic mass is 9.85. The Morgan fingerprint density at radius 3 is 2.65 bits per heavy atom. The highest BCUT2D eigenvalue weighted by molar-refractivity contribution is 5.94. The molecular formula is C14H19NO2. The molecule has 0 saturated carbocycles. The van der Waals surface area contributed by atoms with Crippen molar-refractivity contribution in [1.29, 1.82) is 0 Å². The van der Waals surface area contributed by atoms with Gasteiger partial charge in [-0.3, -0.25) is 4.79 Å². The van der Waals surface area contributed by atoms with E-state index in [-0.39, 0.29) is 11.3 Å². The summed E-state index contributed by atoms with van der Waals surface area (Å²) >= 11 is 0. The fraction of sp³-hybridized carbons (Fsp3) is 0.500. The predicted octanol–water partition coefficient (Wildman–Crippen LogP) is 2.73. The molecule has 1 aliphatic heterocycles. The van der Waals surface area contributed by atoms with Crippen LogP contribution in [0.4, 0.5) is 5.69 Å². The molecule has 0 N–H and O–H groups in total. The van der Waals surface area contributed by atoms with Crippen LogP contribution in [0.5, 0.6) is 5.75 Å². The SMILES string of the molecule is CC(=O)N1CCOc2c1cccc2C(C)(C)C. The Bertz CT molecular complexity index is 446. The summed E-state index contributed by atoms with van der Waals surface area (Å²) in [5.74, 6) is 0.932. The van der Waals surface area contributed by atoms with Gasteiger partial charge in [0, 0.05) is 12.5 Å². The molecule has 0 spiro atoms. The Morgan fingerprint density at radius 1 is 1.35 bits per heavy atom. The van der Waals surface area contributed by atoms with E-state index in [1.54, 1.807) is 11.8 Å². The van der Waals surface area contributed by atoms with Crippen molar-refractivity contribution in [2.24, 2.45) is 0 Å². The van der Waals surface area contributed by atoms with Crippen LogP contribution in [-0.2, 0) is 10.2 Å². The molecule has 0 fully saturated rings. The van der Waals surface area contributed by atoms with Gasteiger partial charge in [0.15, 0.2) is 0 Å². The summed E-state index contributed by atoms with van der Waals surface area (Å²) in [7, 11) is 0. The Kier molecular flexibility index (Phi) is 2.86. The maximum atomic E-state index is 11.6. The molecule has 0 radical (unpaired) electrons. The van der Waals surface area contributed by atoms with Crippen molar-refractivity contribution < 1.29 is 9.53 Å². The molecular weight excluding hydrogens is 214 g/mol. The van der Waals surface area contributed by atoms with Gasteiger partial charge in [0.1, 0.15) is 12.4 Å². The van der Waals surface area contributed by atoms with Crippen molar-refractivity contribution >= 4 is 11.6 Å². The predicted molar refractivity (Wildman–Crippen MR) is 68.7 cm³/mol. The highest BCUT2D eigenvalue weighted by Crippen LogP contribution is 2.40. The third kappa shape index (κ3) is 2.14. The van der Waals surface area contributed by atoms with Crippen LogP contribution in [0.3, 0.4) is 0 Å². The van der Waals surface area contributed by atoms with Crippen LogP contribution in [0.15, 0.2) is 18.2 Å². The van der Waals surface area contributed by atoms with Gasteiger partial charge in [-0.1, -0.05) is 32.9 Å². The van der Waals surface area contributed by atoms with Crippen LogP contribution in [0.1, 0.15) is 33.3 Å². The molecule has 0 atom stereocenters. The normalized spacial score (nSPS) is 15.2. The number of benzene rings is 1. The Labute approximate surface area is 102 Å². The minimum Gasteiger partial charge on any atom is -0.489 e. The molecule has 92 valence electrons. The lowest BCUT2D eigenvalue weighted by Gasteiger charge is -2.33. The molecule has 0 bridgehead atoms. The lowest BCUT2D eigenvalue weighted by molar-refractivity contribution is -0.116. The number of carbonyl (C=O) groups excluding carboxylic acids is 1. The number of anilines is 1. The summed E-state index contributed by atoms with van der Waals surface area (Å²) in [4.78, 5) is 13.4. The second-order valence-electron chi connectivity index (χ2n) is 5.42. The number of fused-ring (bicyclic) bond motifs is 1. The minimum atomic E-state index is 0.0190. The standard InChI is InChI=1S/C14H19NO2/c1-10(16)15-8-9-17-13-11(14(2,3)4)6-5-7-12(13)15/h5-7H,8-9H2,1-4H3. The van der Waals surface area contributed by atoms with Crippen LogP contribution in [-0.4, -0.2) is 19.1 Å². The summed E-state index contributed by atoms with van der Waals surface area (Å²) in [6.07, 6.45) is 0. The summed E-state index contributed by atoms with van der Waals surface area (Å²) < 4.78 is 5.77. The van der Waals surface area contributed by atoms with Crippen LogP contribution >= 0.6 is 0 Å². The molecule has 0 unspecified atom stereocenters. The molecule has 17 heavy (non-hydrogen) atoms. The number of rotatable bonds is 0. The van der Waals surface area contributed by atoms with E-state index in [4.69, 9.17) is 4.74 Å². The zero-order chi connectivity index (χ0) is 12.6. The lowest BCUT2D eigenvalue weighted by Crippen LogP contribution is -2.37. The van der Waals surface area contributed by atoms with Crippen LogP contribution in [0.2, 0.25) is 0 Å². The summed E-state index contributed by atoms with van der Waals surface area (Å²) in [6.45, 7) is 9.25. The second-order valence-corrected chi connectivity index (χ2v) is 5.42. The van der Waals surface area contributed by atoms with Gasteiger partial charge in [0.25, 0.3) is 0 Å². The average molecular weight is 233 g/mol. The van der Waals surface area contributed by atoms with Gasteiger partial charge in [-0.15, -0.1) is 0 Å². The number of hydrogen-bond donors (Lipinski definition) is 0. The largest absolute Gasteiger partial charge is 0.489 e. The number of hydrogen-bond acceptors (Lipinski definition) is 2. The molecule has 0 aromatic heterocycles. The van der Waals surface area contributed by atoms with Gasteiger partial charge < -0.3 is 9.64 Å². The van der Waals surface area contributed by atoms with Crippen LogP contribution in [0.25, 0.3) is 0 Å². The Hall–Kier alpha value is -1.51. The van der Waals surface area contributed by atoms with Gasteiger partial charge in [0.05, 0.1) is 12.2 Å². The zero-order valence-electron chi connectivity index (χ0n) is 10.9. The first kappa shape index (κ1) is 12.0. The first-order valence-electron chi connectivity index (χ1n) is 5.95. The first-order valence-corrected chi connectivity index (χ1v) is 5.95. The molecule has 3 heteroatoms. The minimum absolute atomic E-state index is 0.0190. The van der Waals surface area contributed by atoms with Crippen LogP contribution < -0.4 is 9.64 Å². The Morgan fingerprint density at radius 2 is 2.06 bits per heavy atom. The summed E-state index contributed by atoms with van der Waals surface area (Å²) in [5.41, 5.74) is 2.07. The third-order valence-electron chi connectivity index (χ3n) is 3.03. The average Bonchev–Trinajstić information content (AvgIpc) is 2.26. The van der Waals surface area contributed by atoms with E-state index in [0.717, 1.165) is 17.0 Å². The molecule has 0 aliphatic carbocycles. The fourth-order valence-corrected chi connectivity index (χ4v) is 2.17. The highest BCUT2D eigenvalue weighted by atomic mass is 16.5. The van der Waals surface area contributed by atoms with Crippen LogP contribution in [0, 0.1) is 0 Å². The van der Waals surface area contributed by atoms with Gasteiger partial charge in [-0.05, 0) is 11.5 Å². The van der Waals surface area contributed by atoms with Crippen molar-refractivity contribution in [2.45, 2.75) is 33.1 Å². The number of ether oxygens (including phenoxy) is 1. The van der Waals surface area contributed by atoms with Gasteiger partial charge >= 0.3 is 0 Å². The van der Waals surface area contributed by atoms with Crippen molar-refractivity contribution in [3.63, 3.8) is 0 Å². The first-order chi connectivity index (χ1) is 7.91. The van der Waals surface area contributed by atoms with Crippen molar-refractivity contribution in [2.75, 3.05) is 18.1 Å². The monoisotopic (exact) mass is 233 g/mol. The van der Waals surface area contributed by atoms with Gasteiger partial charge in [-0.2, -0.15) is 0 Å². The van der Waals surface area contributed by atoms with E-state index in [0.29, 0.717) is 13.2 Å². The number of nitrogens with zero attached hydrogens (tertiary/aromatic N) is 1. The number of carbonyl (C=O) groups is 1. The van der Waals surface area contributed by atoms with Crippen molar-refractivity contribution in [3.05, 3.63) is 23.8 Å². The smallest absolute Gasteiger partial charge is 0.224 e. The molecule has 0 saturated heterocycles. The highest BCUT2D eigenvalue weighted by Gasteiger charge is 2.27. The van der Waals surface area contributed by atoms with E-state index in [2.05, 4.69) is 26.8 Å². The second kappa shape index (κ2) is 4.06. The summed E-state index contributed by atoms with van der Waals surface area (Å²) in [5, 5.41) is 0. The molecule has 2 rings (SSSR count). The van der Waals surface area contributed by atoms with E-state index in [1.165, 1.54) is 0 Å². The van der Waals surface area contributed by atoms with E-state index < -0.39 is 0 Å². The molecule has 1 heterocycles. The maximum absolute atomic E-state index is 11.6. The van der Waals surface area contributed by atoms with E-state index in [1.807, 2.05) is 12.1 Å². The van der Waals surface area contributed by atoms with Crippen molar-refractivity contribution in [1.82, 2.24) is 0 Å². The van der Waals surface area contributed by atoms with Crippen molar-refractivity contribution in [3.8, 4) is 5.75 Å². The van der Waals surface area contributed by atoms with Gasteiger partial charge in [-0.25, -0.2) is 0 Å². The quantitative estimate of drug-likeness (QED) is 0.689. The van der Waals surface area contributed by atoms with Gasteiger partial charge in [0.2, 0.25) is 5.91 Å². The Balaban J connectivity index is 2.55. The molecule has 1 aliphatic rings. The molecule has 1 aromatic carbocycles. The van der Waals surface area contributed by atoms with E-state index in [9.17, 15) is 4.79 Å². The maximum Gasteiger partial charge on any atom is 0.224 e. The van der Waals surface area contributed by atoms with E-state index >= 15 is 0 Å². The topological polar surface area (TPSA) is 29.5 Å². The molecule has 1 aromatic rings.